The molecule has 1 aliphatic rings. The number of halogens is 1. The van der Waals surface area contributed by atoms with Gasteiger partial charge in [0.2, 0.25) is 0 Å². The zero-order valence-electron chi connectivity index (χ0n) is 16.1. The molecular formula is C18H30IN7O. The summed E-state index contributed by atoms with van der Waals surface area (Å²) in [7, 11) is 0. The largest absolute Gasteiger partial charge is 0.364 e. The highest BCUT2D eigenvalue weighted by atomic mass is 127. The van der Waals surface area contributed by atoms with Crippen molar-refractivity contribution < 1.29 is 4.52 Å². The van der Waals surface area contributed by atoms with Crippen LogP contribution in [0.25, 0.3) is 0 Å². The lowest BCUT2D eigenvalue weighted by atomic mass is 10.2. The summed E-state index contributed by atoms with van der Waals surface area (Å²) in [6.07, 6.45) is 5.45. The van der Waals surface area contributed by atoms with Crippen LogP contribution in [0.4, 0.5) is 0 Å². The van der Waals surface area contributed by atoms with Crippen LogP contribution in [0.2, 0.25) is 0 Å². The summed E-state index contributed by atoms with van der Waals surface area (Å²) in [5.41, 5.74) is 0.992. The number of hydrogen-bond acceptors (Lipinski definition) is 5. The van der Waals surface area contributed by atoms with Gasteiger partial charge in [-0.1, -0.05) is 12.1 Å². The van der Waals surface area contributed by atoms with E-state index in [1.165, 1.54) is 0 Å². The van der Waals surface area contributed by atoms with E-state index in [4.69, 9.17) is 9.52 Å². The van der Waals surface area contributed by atoms with Gasteiger partial charge in [-0.2, -0.15) is 5.10 Å². The molecule has 0 bridgehead atoms. The molecule has 1 aliphatic heterocycles. The molecule has 8 nitrogen and oxygen atoms in total. The Labute approximate surface area is 178 Å². The molecule has 1 atom stereocenters. The fourth-order valence-electron chi connectivity index (χ4n) is 3.12. The van der Waals surface area contributed by atoms with Gasteiger partial charge in [-0.25, -0.2) is 0 Å². The molecule has 3 rings (SSSR count). The Morgan fingerprint density at radius 3 is 2.78 bits per heavy atom. The third-order valence-electron chi connectivity index (χ3n) is 4.49. The van der Waals surface area contributed by atoms with Crippen molar-refractivity contribution in [2.45, 2.75) is 26.9 Å². The molecule has 0 saturated carbocycles. The molecule has 0 aromatic carbocycles. The molecule has 0 amide bonds. The summed E-state index contributed by atoms with van der Waals surface area (Å²) in [6.45, 7) is 11.7. The second-order valence-corrected chi connectivity index (χ2v) is 6.78. The quantitative estimate of drug-likeness (QED) is 0.366. The van der Waals surface area contributed by atoms with E-state index in [1.54, 1.807) is 6.26 Å². The summed E-state index contributed by atoms with van der Waals surface area (Å²) < 4.78 is 6.88. The lowest BCUT2D eigenvalue weighted by molar-refractivity contribution is 0.169. The third-order valence-corrected chi connectivity index (χ3v) is 4.49. The van der Waals surface area contributed by atoms with Gasteiger partial charge in [0.15, 0.2) is 5.96 Å². The van der Waals surface area contributed by atoms with Crippen LogP contribution in [0.5, 0.6) is 0 Å². The number of aromatic nitrogens is 3. The molecule has 1 saturated heterocycles. The van der Waals surface area contributed by atoms with Crippen LogP contribution in [0, 0.1) is 5.92 Å². The monoisotopic (exact) mass is 487 g/mol. The van der Waals surface area contributed by atoms with Crippen molar-refractivity contribution in [1.82, 2.24) is 30.1 Å². The van der Waals surface area contributed by atoms with Gasteiger partial charge in [0.1, 0.15) is 6.26 Å². The van der Waals surface area contributed by atoms with Crippen molar-refractivity contribution in [3.8, 4) is 0 Å². The molecule has 9 heteroatoms. The van der Waals surface area contributed by atoms with Crippen LogP contribution in [-0.4, -0.2) is 70.0 Å². The van der Waals surface area contributed by atoms with Crippen molar-refractivity contribution >= 4 is 29.9 Å². The van der Waals surface area contributed by atoms with Gasteiger partial charge in [0.05, 0.1) is 5.69 Å². The maximum Gasteiger partial charge on any atom is 0.194 e. The Kier molecular flexibility index (Phi) is 9.05. The number of nitrogens with one attached hydrogen (secondary N) is 1. The smallest absolute Gasteiger partial charge is 0.194 e. The van der Waals surface area contributed by atoms with E-state index >= 15 is 0 Å². The molecular weight excluding hydrogens is 457 g/mol. The first-order valence-electron chi connectivity index (χ1n) is 9.37. The van der Waals surface area contributed by atoms with E-state index in [2.05, 4.69) is 39.2 Å². The van der Waals surface area contributed by atoms with E-state index in [0.29, 0.717) is 5.92 Å². The molecule has 2 aromatic heterocycles. The van der Waals surface area contributed by atoms with Crippen molar-refractivity contribution in [2.75, 3.05) is 39.3 Å². The number of rotatable bonds is 7. The second-order valence-electron chi connectivity index (χ2n) is 6.78. The number of hydrogen-bond donors (Lipinski definition) is 1. The first-order valence-corrected chi connectivity index (χ1v) is 9.37. The molecule has 1 fully saturated rings. The maximum absolute atomic E-state index is 4.92. The Morgan fingerprint density at radius 2 is 2.15 bits per heavy atom. The molecule has 1 unspecified atom stereocenters. The van der Waals surface area contributed by atoms with E-state index in [0.717, 1.165) is 64.0 Å². The fourth-order valence-corrected chi connectivity index (χ4v) is 3.12. The van der Waals surface area contributed by atoms with Crippen molar-refractivity contribution in [3.05, 3.63) is 36.5 Å². The highest BCUT2D eigenvalue weighted by molar-refractivity contribution is 14.0. The van der Waals surface area contributed by atoms with E-state index in [9.17, 15) is 0 Å². The predicted octanol–water partition coefficient (Wildman–Crippen LogP) is 1.91. The van der Waals surface area contributed by atoms with Crippen molar-refractivity contribution in [1.29, 1.82) is 0 Å². The van der Waals surface area contributed by atoms with E-state index in [-0.39, 0.29) is 24.0 Å². The fraction of sp³-hybridized carbons (Fsp3) is 0.611. The van der Waals surface area contributed by atoms with Gasteiger partial charge in [0.25, 0.3) is 0 Å². The van der Waals surface area contributed by atoms with E-state index in [1.807, 2.05) is 29.2 Å². The average Bonchev–Trinajstić information content (AvgIpc) is 3.33. The van der Waals surface area contributed by atoms with Gasteiger partial charge in [0, 0.05) is 70.8 Å². The first-order chi connectivity index (χ1) is 12.7. The molecule has 150 valence electrons. The van der Waals surface area contributed by atoms with E-state index < -0.39 is 0 Å². The number of aliphatic imine (C=N–C) groups is 1. The van der Waals surface area contributed by atoms with Gasteiger partial charge in [-0.3, -0.25) is 14.6 Å². The van der Waals surface area contributed by atoms with Crippen LogP contribution < -0.4 is 5.32 Å². The van der Waals surface area contributed by atoms with Gasteiger partial charge in [-0.05, 0) is 18.9 Å². The highest BCUT2D eigenvalue weighted by Gasteiger charge is 2.20. The molecule has 0 aliphatic carbocycles. The highest BCUT2D eigenvalue weighted by Crippen LogP contribution is 2.08. The predicted molar refractivity (Wildman–Crippen MR) is 116 cm³/mol. The molecule has 2 aromatic rings. The van der Waals surface area contributed by atoms with Gasteiger partial charge in [-0.15, -0.1) is 24.0 Å². The van der Waals surface area contributed by atoms with Gasteiger partial charge >= 0.3 is 0 Å². The Balaban J connectivity index is 0.00000261. The Bertz CT molecular complexity index is 651. The molecule has 1 N–H and O–H groups in total. The number of guanidine groups is 1. The van der Waals surface area contributed by atoms with Crippen molar-refractivity contribution in [3.63, 3.8) is 0 Å². The molecule has 0 radical (unpaired) electrons. The van der Waals surface area contributed by atoms with Crippen LogP contribution in [0.15, 0.2) is 40.3 Å². The minimum atomic E-state index is 0. The second kappa shape index (κ2) is 11.3. The summed E-state index contributed by atoms with van der Waals surface area (Å²) in [5.74, 6) is 1.46. The van der Waals surface area contributed by atoms with Gasteiger partial charge < -0.3 is 14.7 Å². The van der Waals surface area contributed by atoms with Crippen LogP contribution in [-0.2, 0) is 13.1 Å². The average molecular weight is 487 g/mol. The maximum atomic E-state index is 4.92. The van der Waals surface area contributed by atoms with Crippen LogP contribution in [0.1, 0.15) is 19.5 Å². The third kappa shape index (κ3) is 6.80. The molecule has 3 heterocycles. The zero-order valence-corrected chi connectivity index (χ0v) is 18.5. The lowest BCUT2D eigenvalue weighted by Gasteiger charge is -2.36. The SMILES string of the molecule is CCNC(=NCC(C)Cn1cccn1)N1CCN(Cc2ccon2)CC1.I. The normalized spacial score (nSPS) is 16.8. The topological polar surface area (TPSA) is 74.7 Å². The molecule has 0 spiro atoms. The standard InChI is InChI=1S/C18H29N7O.HI/c1-3-19-18(20-13-16(2)14-25-7-4-6-21-25)24-10-8-23(9-11-24)15-17-5-12-26-22-17;/h4-7,12,16H,3,8-11,13-15H2,1-2H3,(H,19,20);1H. The first kappa shape index (κ1) is 21.7. The Morgan fingerprint density at radius 1 is 1.33 bits per heavy atom. The lowest BCUT2D eigenvalue weighted by Crippen LogP contribution is -2.52. The van der Waals surface area contributed by atoms with Crippen LogP contribution in [0.3, 0.4) is 0 Å². The zero-order chi connectivity index (χ0) is 18.2. The minimum absolute atomic E-state index is 0. The summed E-state index contributed by atoms with van der Waals surface area (Å²) in [6, 6.07) is 3.89. The summed E-state index contributed by atoms with van der Waals surface area (Å²) in [4.78, 5) is 9.61. The molecule has 27 heavy (non-hydrogen) atoms. The summed E-state index contributed by atoms with van der Waals surface area (Å²) in [5, 5.41) is 11.7. The van der Waals surface area contributed by atoms with Crippen molar-refractivity contribution in [2.24, 2.45) is 10.9 Å². The Hall–Kier alpha value is -1.62. The number of piperazine rings is 1. The summed E-state index contributed by atoms with van der Waals surface area (Å²) >= 11 is 0. The number of nitrogens with zero attached hydrogens (tertiary/aromatic N) is 6. The van der Waals surface area contributed by atoms with Crippen LogP contribution >= 0.6 is 24.0 Å². The minimum Gasteiger partial charge on any atom is -0.364 e.